The topological polar surface area (TPSA) is 64.0 Å². The molecule has 1 N–H and O–H groups in total. The number of carbonyl (C=O) groups excluding carboxylic acids is 1. The summed E-state index contributed by atoms with van der Waals surface area (Å²) in [5, 5.41) is 4.56. The highest BCUT2D eigenvalue weighted by atomic mass is 32.2. The molecule has 0 bridgehead atoms. The number of aryl methyl sites for hydroxylation is 3. The van der Waals surface area contributed by atoms with Gasteiger partial charge in [-0.2, -0.15) is 0 Å². The summed E-state index contributed by atoms with van der Waals surface area (Å²) < 4.78 is 1.77. The largest absolute Gasteiger partial charge is 0.353 e. The Bertz CT molecular complexity index is 1120. The molecule has 2 aromatic heterocycles. The fraction of sp³-hybridized carbons (Fsp3) is 0.458. The Morgan fingerprint density at radius 3 is 2.87 bits per heavy atom. The maximum absolute atomic E-state index is 13.2. The Morgan fingerprint density at radius 1 is 1.29 bits per heavy atom. The molecular formula is C24H29N3O2S2. The molecule has 1 aliphatic carbocycles. The van der Waals surface area contributed by atoms with Gasteiger partial charge < -0.3 is 5.32 Å². The van der Waals surface area contributed by atoms with Crippen molar-refractivity contribution in [1.29, 1.82) is 0 Å². The van der Waals surface area contributed by atoms with Crippen molar-refractivity contribution in [1.82, 2.24) is 14.9 Å². The molecule has 1 amide bonds. The van der Waals surface area contributed by atoms with Gasteiger partial charge >= 0.3 is 0 Å². The summed E-state index contributed by atoms with van der Waals surface area (Å²) >= 11 is 3.02. The number of amides is 1. The standard InChI is InChI=1S/C24H29N3O2S2/c1-3-14-27-23(29)21-18-10-7-11-19(18)31-22(21)26-24(27)30-15-20(28)25-16(2)12-13-17-8-5-4-6-9-17/h4-6,8-9,16H,3,7,10-15H2,1-2H3,(H,25,28). The summed E-state index contributed by atoms with van der Waals surface area (Å²) in [7, 11) is 0. The number of fused-ring (bicyclic) bond motifs is 3. The molecule has 7 heteroatoms. The quantitative estimate of drug-likeness (QED) is 0.379. The maximum Gasteiger partial charge on any atom is 0.263 e. The highest BCUT2D eigenvalue weighted by molar-refractivity contribution is 7.99. The SMILES string of the molecule is CCCn1c(SCC(=O)NC(C)CCc2ccccc2)nc2sc3c(c2c1=O)CCC3. The van der Waals surface area contributed by atoms with Gasteiger partial charge in [-0.05, 0) is 56.6 Å². The third kappa shape index (κ3) is 5.04. The summed E-state index contributed by atoms with van der Waals surface area (Å²) in [6.07, 6.45) is 5.85. The van der Waals surface area contributed by atoms with Crippen LogP contribution >= 0.6 is 23.1 Å². The molecule has 0 spiro atoms. The predicted octanol–water partition coefficient (Wildman–Crippen LogP) is 4.59. The Hall–Kier alpha value is -2.12. The van der Waals surface area contributed by atoms with Crippen molar-refractivity contribution in [3.05, 3.63) is 56.7 Å². The van der Waals surface area contributed by atoms with Crippen LogP contribution in [-0.2, 0) is 30.6 Å². The minimum atomic E-state index is -0.0170. The van der Waals surface area contributed by atoms with Gasteiger partial charge in [0.15, 0.2) is 5.16 Å². The number of benzene rings is 1. The lowest BCUT2D eigenvalue weighted by atomic mass is 10.1. The molecule has 0 radical (unpaired) electrons. The van der Waals surface area contributed by atoms with Gasteiger partial charge in [-0.25, -0.2) is 4.98 Å². The molecule has 164 valence electrons. The molecule has 5 nitrogen and oxygen atoms in total. The average molecular weight is 456 g/mol. The Balaban J connectivity index is 1.41. The van der Waals surface area contributed by atoms with Crippen LogP contribution in [0.5, 0.6) is 0 Å². The van der Waals surface area contributed by atoms with Crippen molar-refractivity contribution in [3.8, 4) is 0 Å². The maximum atomic E-state index is 13.2. The van der Waals surface area contributed by atoms with Gasteiger partial charge in [0.05, 0.1) is 11.1 Å². The molecule has 3 aromatic rings. The van der Waals surface area contributed by atoms with Crippen molar-refractivity contribution >= 4 is 39.2 Å². The van der Waals surface area contributed by atoms with Crippen LogP contribution in [0.2, 0.25) is 0 Å². The summed E-state index contributed by atoms with van der Waals surface area (Å²) in [4.78, 5) is 32.7. The van der Waals surface area contributed by atoms with Crippen molar-refractivity contribution < 1.29 is 4.79 Å². The van der Waals surface area contributed by atoms with Crippen LogP contribution in [0.1, 0.15) is 49.1 Å². The second-order valence-electron chi connectivity index (χ2n) is 8.17. The van der Waals surface area contributed by atoms with Crippen molar-refractivity contribution in [3.63, 3.8) is 0 Å². The van der Waals surface area contributed by atoms with Gasteiger partial charge in [0.25, 0.3) is 5.56 Å². The highest BCUT2D eigenvalue weighted by Gasteiger charge is 2.23. The first-order chi connectivity index (χ1) is 15.1. The molecule has 1 unspecified atom stereocenters. The lowest BCUT2D eigenvalue weighted by Gasteiger charge is -2.15. The summed E-state index contributed by atoms with van der Waals surface area (Å²) in [6.45, 7) is 4.73. The number of hydrogen-bond donors (Lipinski definition) is 1. The van der Waals surface area contributed by atoms with Gasteiger partial charge in [0.1, 0.15) is 4.83 Å². The van der Waals surface area contributed by atoms with E-state index >= 15 is 0 Å². The monoisotopic (exact) mass is 455 g/mol. The second kappa shape index (κ2) is 10.0. The molecule has 1 aromatic carbocycles. The van der Waals surface area contributed by atoms with Gasteiger partial charge in [-0.1, -0.05) is 49.0 Å². The zero-order valence-corrected chi connectivity index (χ0v) is 19.8. The normalized spacial score (nSPS) is 14.0. The van der Waals surface area contributed by atoms with Crippen LogP contribution in [0, 0.1) is 0 Å². The molecule has 1 aliphatic rings. The number of rotatable bonds is 9. The van der Waals surface area contributed by atoms with Gasteiger partial charge in [-0.3, -0.25) is 14.2 Å². The highest BCUT2D eigenvalue weighted by Crippen LogP contribution is 2.35. The van der Waals surface area contributed by atoms with E-state index in [0.717, 1.165) is 48.7 Å². The van der Waals surface area contributed by atoms with Crippen LogP contribution in [0.3, 0.4) is 0 Å². The van der Waals surface area contributed by atoms with E-state index < -0.39 is 0 Å². The molecule has 1 atom stereocenters. The van der Waals surface area contributed by atoms with E-state index in [9.17, 15) is 9.59 Å². The first-order valence-electron chi connectivity index (χ1n) is 11.1. The van der Waals surface area contributed by atoms with Crippen molar-refractivity contribution in [2.45, 2.75) is 70.1 Å². The van der Waals surface area contributed by atoms with Gasteiger partial charge in [0.2, 0.25) is 5.91 Å². The van der Waals surface area contributed by atoms with E-state index in [2.05, 4.69) is 24.4 Å². The van der Waals surface area contributed by atoms with Crippen molar-refractivity contribution in [2.75, 3.05) is 5.75 Å². The molecule has 0 saturated carbocycles. The third-order valence-corrected chi connectivity index (χ3v) is 7.85. The van der Waals surface area contributed by atoms with E-state index in [0.29, 0.717) is 11.7 Å². The van der Waals surface area contributed by atoms with E-state index in [1.165, 1.54) is 27.8 Å². The smallest absolute Gasteiger partial charge is 0.263 e. The first-order valence-corrected chi connectivity index (χ1v) is 12.9. The van der Waals surface area contributed by atoms with Gasteiger partial charge in [-0.15, -0.1) is 11.3 Å². The summed E-state index contributed by atoms with van der Waals surface area (Å²) in [5.41, 5.74) is 2.55. The number of carbonyl (C=O) groups is 1. The van der Waals surface area contributed by atoms with Crippen LogP contribution in [-0.4, -0.2) is 27.3 Å². The zero-order chi connectivity index (χ0) is 21.8. The van der Waals surface area contributed by atoms with Crippen LogP contribution in [0.25, 0.3) is 10.2 Å². The number of aromatic nitrogens is 2. The van der Waals surface area contributed by atoms with Crippen LogP contribution in [0.4, 0.5) is 0 Å². The minimum absolute atomic E-state index is 0.0170. The summed E-state index contributed by atoms with van der Waals surface area (Å²) in [6, 6.07) is 10.4. The van der Waals surface area contributed by atoms with E-state index in [1.54, 1.807) is 15.9 Å². The zero-order valence-electron chi connectivity index (χ0n) is 18.1. The van der Waals surface area contributed by atoms with Crippen LogP contribution < -0.4 is 10.9 Å². The number of thiophene rings is 1. The molecule has 2 heterocycles. The molecule has 0 aliphatic heterocycles. The van der Waals surface area contributed by atoms with E-state index in [1.807, 2.05) is 25.1 Å². The Morgan fingerprint density at radius 2 is 2.10 bits per heavy atom. The lowest BCUT2D eigenvalue weighted by Crippen LogP contribution is -2.34. The van der Waals surface area contributed by atoms with Crippen LogP contribution in [0.15, 0.2) is 40.3 Å². The third-order valence-electron chi connectivity index (χ3n) is 5.69. The fourth-order valence-corrected chi connectivity index (χ4v) is 6.27. The second-order valence-corrected chi connectivity index (χ2v) is 10.2. The Labute approximate surface area is 191 Å². The molecule has 31 heavy (non-hydrogen) atoms. The molecular weight excluding hydrogens is 426 g/mol. The minimum Gasteiger partial charge on any atom is -0.353 e. The van der Waals surface area contributed by atoms with Crippen molar-refractivity contribution in [2.24, 2.45) is 0 Å². The molecule has 0 fully saturated rings. The molecule has 0 saturated heterocycles. The average Bonchev–Trinajstić information content (AvgIpc) is 3.35. The first kappa shape index (κ1) is 22.1. The lowest BCUT2D eigenvalue weighted by molar-refractivity contribution is -0.119. The number of nitrogens with one attached hydrogen (secondary N) is 1. The number of thioether (sulfide) groups is 1. The number of nitrogens with zero attached hydrogens (tertiary/aromatic N) is 2. The summed E-state index contributed by atoms with van der Waals surface area (Å²) in [5.74, 6) is 0.249. The van der Waals surface area contributed by atoms with Gasteiger partial charge in [0, 0.05) is 17.5 Å². The Kier molecular flexibility index (Phi) is 7.13. The molecule has 4 rings (SSSR count). The van der Waals surface area contributed by atoms with E-state index in [4.69, 9.17) is 4.98 Å². The fourth-order valence-electron chi connectivity index (χ4n) is 4.14. The number of hydrogen-bond acceptors (Lipinski definition) is 5. The predicted molar refractivity (Wildman–Crippen MR) is 129 cm³/mol. The van der Waals surface area contributed by atoms with E-state index in [-0.39, 0.29) is 23.3 Å².